The van der Waals surface area contributed by atoms with Gasteiger partial charge in [0, 0.05) is 10.6 Å². The number of halogens is 2. The number of piperidine rings is 1. The summed E-state index contributed by atoms with van der Waals surface area (Å²) >= 11 is 5.98. The van der Waals surface area contributed by atoms with Crippen molar-refractivity contribution in [1.29, 1.82) is 0 Å². The fraction of sp³-hybridized carbons (Fsp3) is 0.538. The zero-order valence-electron chi connectivity index (χ0n) is 9.52. The van der Waals surface area contributed by atoms with Gasteiger partial charge in [0.05, 0.1) is 0 Å². The summed E-state index contributed by atoms with van der Waals surface area (Å²) in [6.45, 7) is 3.87. The average molecular weight is 242 g/mol. The lowest BCUT2D eigenvalue weighted by Gasteiger charge is -2.22. The van der Waals surface area contributed by atoms with Gasteiger partial charge in [0.2, 0.25) is 0 Å². The van der Waals surface area contributed by atoms with Crippen molar-refractivity contribution in [3.63, 3.8) is 0 Å². The maximum Gasteiger partial charge on any atom is 0.127 e. The molecule has 16 heavy (non-hydrogen) atoms. The number of nitrogens with one attached hydrogen (secondary N) is 1. The van der Waals surface area contributed by atoms with Crippen molar-refractivity contribution in [1.82, 2.24) is 5.32 Å². The molecular formula is C13H17ClFN. The standard InChI is InChI=1S/C13H17ClFN/c1-9-12(14)7-11(8-13(9)15)6-10-2-4-16-5-3-10/h7-8,10,16H,2-6H2,1H3. The lowest BCUT2D eigenvalue weighted by atomic mass is 9.91. The van der Waals surface area contributed by atoms with Gasteiger partial charge in [0.1, 0.15) is 5.82 Å². The molecule has 1 aromatic rings. The van der Waals surface area contributed by atoms with Gasteiger partial charge in [-0.2, -0.15) is 0 Å². The van der Waals surface area contributed by atoms with Crippen LogP contribution in [0.5, 0.6) is 0 Å². The summed E-state index contributed by atoms with van der Waals surface area (Å²) in [5.41, 5.74) is 1.58. The Hall–Kier alpha value is -0.600. The van der Waals surface area contributed by atoms with Crippen molar-refractivity contribution in [3.8, 4) is 0 Å². The van der Waals surface area contributed by atoms with Crippen molar-refractivity contribution in [2.45, 2.75) is 26.2 Å². The Labute approximate surface area is 101 Å². The highest BCUT2D eigenvalue weighted by atomic mass is 35.5. The molecule has 88 valence electrons. The summed E-state index contributed by atoms with van der Waals surface area (Å²) < 4.78 is 13.5. The third-order valence-electron chi connectivity index (χ3n) is 3.32. The van der Waals surface area contributed by atoms with Crippen molar-refractivity contribution < 1.29 is 4.39 Å². The van der Waals surface area contributed by atoms with Crippen LogP contribution >= 0.6 is 11.6 Å². The van der Waals surface area contributed by atoms with Crippen LogP contribution in [0.15, 0.2) is 12.1 Å². The highest BCUT2D eigenvalue weighted by Gasteiger charge is 2.15. The van der Waals surface area contributed by atoms with E-state index in [1.165, 1.54) is 12.8 Å². The first-order valence-electron chi connectivity index (χ1n) is 5.82. The Morgan fingerprint density at radius 2 is 2.06 bits per heavy atom. The molecule has 0 unspecified atom stereocenters. The fourth-order valence-electron chi connectivity index (χ4n) is 2.23. The van der Waals surface area contributed by atoms with E-state index in [4.69, 9.17) is 11.6 Å². The molecule has 1 aliphatic heterocycles. The minimum Gasteiger partial charge on any atom is -0.317 e. The van der Waals surface area contributed by atoms with Gasteiger partial charge in [-0.1, -0.05) is 11.6 Å². The zero-order chi connectivity index (χ0) is 11.5. The summed E-state index contributed by atoms with van der Waals surface area (Å²) in [6.07, 6.45) is 3.29. The molecule has 1 aliphatic rings. The molecule has 0 radical (unpaired) electrons. The van der Waals surface area contributed by atoms with Gasteiger partial charge in [-0.05, 0) is 62.9 Å². The van der Waals surface area contributed by atoms with Crippen LogP contribution in [-0.4, -0.2) is 13.1 Å². The Morgan fingerprint density at radius 1 is 1.38 bits per heavy atom. The minimum absolute atomic E-state index is 0.184. The SMILES string of the molecule is Cc1c(F)cc(CC2CCNCC2)cc1Cl. The molecule has 1 fully saturated rings. The summed E-state index contributed by atoms with van der Waals surface area (Å²) in [7, 11) is 0. The first kappa shape index (κ1) is 11.9. The van der Waals surface area contributed by atoms with Gasteiger partial charge in [0.25, 0.3) is 0 Å². The third-order valence-corrected chi connectivity index (χ3v) is 3.72. The van der Waals surface area contributed by atoms with E-state index >= 15 is 0 Å². The van der Waals surface area contributed by atoms with E-state index in [9.17, 15) is 4.39 Å². The Morgan fingerprint density at radius 3 is 2.69 bits per heavy atom. The average Bonchev–Trinajstić information content (AvgIpc) is 2.27. The molecule has 0 aromatic heterocycles. The van der Waals surface area contributed by atoms with Crippen molar-refractivity contribution in [2.75, 3.05) is 13.1 Å². The van der Waals surface area contributed by atoms with E-state index in [0.717, 1.165) is 25.1 Å². The first-order chi connectivity index (χ1) is 7.66. The van der Waals surface area contributed by atoms with Crippen molar-refractivity contribution >= 4 is 11.6 Å². The van der Waals surface area contributed by atoms with Gasteiger partial charge >= 0.3 is 0 Å². The topological polar surface area (TPSA) is 12.0 Å². The smallest absolute Gasteiger partial charge is 0.127 e. The van der Waals surface area contributed by atoms with Crippen LogP contribution in [0.3, 0.4) is 0 Å². The Bertz CT molecular complexity index is 349. The molecule has 1 N–H and O–H groups in total. The molecular weight excluding hydrogens is 225 g/mol. The molecule has 0 spiro atoms. The Balaban J connectivity index is 2.09. The lowest BCUT2D eigenvalue weighted by Crippen LogP contribution is -2.28. The summed E-state index contributed by atoms with van der Waals surface area (Å²) in [6, 6.07) is 3.53. The summed E-state index contributed by atoms with van der Waals surface area (Å²) in [5, 5.41) is 3.88. The molecule has 1 nitrogen and oxygen atoms in total. The van der Waals surface area contributed by atoms with Crippen LogP contribution in [0.1, 0.15) is 24.0 Å². The molecule has 1 saturated heterocycles. The maximum atomic E-state index is 13.5. The van der Waals surface area contributed by atoms with Crippen LogP contribution in [0.2, 0.25) is 5.02 Å². The van der Waals surface area contributed by atoms with E-state index < -0.39 is 0 Å². The quantitative estimate of drug-likeness (QED) is 0.838. The van der Waals surface area contributed by atoms with Crippen LogP contribution < -0.4 is 5.32 Å². The number of benzene rings is 1. The maximum absolute atomic E-state index is 13.5. The van der Waals surface area contributed by atoms with Gasteiger partial charge in [-0.25, -0.2) is 4.39 Å². The van der Waals surface area contributed by atoms with Gasteiger partial charge < -0.3 is 5.32 Å². The highest BCUT2D eigenvalue weighted by Crippen LogP contribution is 2.24. The Kier molecular flexibility index (Phi) is 3.82. The second kappa shape index (κ2) is 5.15. The highest BCUT2D eigenvalue weighted by molar-refractivity contribution is 6.31. The number of hydrogen-bond donors (Lipinski definition) is 1. The monoisotopic (exact) mass is 241 g/mol. The predicted molar refractivity (Wildman–Crippen MR) is 65.4 cm³/mol. The van der Waals surface area contributed by atoms with Crippen molar-refractivity contribution in [3.05, 3.63) is 34.1 Å². The van der Waals surface area contributed by atoms with Gasteiger partial charge in [-0.15, -0.1) is 0 Å². The predicted octanol–water partition coefficient (Wildman–Crippen LogP) is 3.33. The fourth-order valence-corrected chi connectivity index (χ4v) is 2.47. The molecule has 0 bridgehead atoms. The second-order valence-electron chi connectivity index (χ2n) is 4.58. The number of hydrogen-bond acceptors (Lipinski definition) is 1. The molecule has 0 saturated carbocycles. The molecule has 3 heteroatoms. The second-order valence-corrected chi connectivity index (χ2v) is 4.99. The largest absolute Gasteiger partial charge is 0.317 e. The van der Waals surface area contributed by atoms with Crippen molar-refractivity contribution in [2.24, 2.45) is 5.92 Å². The number of rotatable bonds is 2. The van der Waals surface area contributed by atoms with E-state index in [1.54, 1.807) is 13.0 Å². The minimum atomic E-state index is -0.184. The molecule has 1 heterocycles. The summed E-state index contributed by atoms with van der Waals surface area (Å²) in [5.74, 6) is 0.482. The van der Waals surface area contributed by atoms with Crippen LogP contribution in [0.25, 0.3) is 0 Å². The first-order valence-corrected chi connectivity index (χ1v) is 6.20. The van der Waals surface area contributed by atoms with Gasteiger partial charge in [-0.3, -0.25) is 0 Å². The van der Waals surface area contributed by atoms with Gasteiger partial charge in [0.15, 0.2) is 0 Å². The van der Waals surface area contributed by atoms with E-state index in [1.807, 2.05) is 6.07 Å². The molecule has 2 rings (SSSR count). The molecule has 1 aromatic carbocycles. The van der Waals surface area contributed by atoms with Crippen LogP contribution in [0, 0.1) is 18.7 Å². The van der Waals surface area contributed by atoms with E-state index in [-0.39, 0.29) is 5.82 Å². The molecule has 0 aliphatic carbocycles. The molecule has 0 amide bonds. The van der Waals surface area contributed by atoms with Crippen LogP contribution in [-0.2, 0) is 6.42 Å². The van der Waals surface area contributed by atoms with E-state index in [0.29, 0.717) is 16.5 Å². The van der Waals surface area contributed by atoms with Crippen LogP contribution in [0.4, 0.5) is 4.39 Å². The zero-order valence-corrected chi connectivity index (χ0v) is 10.3. The normalized spacial score (nSPS) is 17.7. The lowest BCUT2D eigenvalue weighted by molar-refractivity contribution is 0.372. The third kappa shape index (κ3) is 2.74. The van der Waals surface area contributed by atoms with E-state index in [2.05, 4.69) is 5.32 Å². The summed E-state index contributed by atoms with van der Waals surface area (Å²) in [4.78, 5) is 0. The molecule has 0 atom stereocenters.